The molecule has 1 fully saturated rings. The van der Waals surface area contributed by atoms with Crippen molar-refractivity contribution in [2.45, 2.75) is 20.8 Å². The summed E-state index contributed by atoms with van der Waals surface area (Å²) in [6, 6.07) is 1.76. The number of rotatable bonds is 5. The zero-order chi connectivity index (χ0) is 14.7. The summed E-state index contributed by atoms with van der Waals surface area (Å²) < 4.78 is 5.01. The number of aryl methyl sites for hydroxylation is 1. The van der Waals surface area contributed by atoms with Crippen LogP contribution in [0.15, 0.2) is 6.07 Å². The number of carbonyl (C=O) groups excluding carboxylic acids is 2. The van der Waals surface area contributed by atoms with Gasteiger partial charge in [-0.25, -0.2) is 4.79 Å². The minimum absolute atomic E-state index is 0.0381. The van der Waals surface area contributed by atoms with Crippen molar-refractivity contribution in [3.8, 4) is 0 Å². The van der Waals surface area contributed by atoms with Gasteiger partial charge in [0.2, 0.25) is 5.91 Å². The van der Waals surface area contributed by atoms with Crippen molar-refractivity contribution >= 4 is 28.2 Å². The molecule has 0 bridgehead atoms. The fraction of sp³-hybridized carbons (Fsp3) is 0.571. The molecule has 0 saturated carbocycles. The molecular weight excluding hydrogens is 276 g/mol. The smallest absolute Gasteiger partial charge is 0.341 e. The van der Waals surface area contributed by atoms with Crippen molar-refractivity contribution in [2.75, 3.05) is 25.0 Å². The van der Waals surface area contributed by atoms with Crippen LogP contribution < -0.4 is 10.6 Å². The molecule has 20 heavy (non-hydrogen) atoms. The molecule has 1 saturated heterocycles. The van der Waals surface area contributed by atoms with E-state index in [9.17, 15) is 9.59 Å². The number of anilines is 1. The van der Waals surface area contributed by atoms with Crippen molar-refractivity contribution in [1.82, 2.24) is 5.32 Å². The highest BCUT2D eigenvalue weighted by atomic mass is 32.1. The van der Waals surface area contributed by atoms with Gasteiger partial charge in [0, 0.05) is 10.8 Å². The summed E-state index contributed by atoms with van der Waals surface area (Å²) in [6.07, 6.45) is 0. The summed E-state index contributed by atoms with van der Waals surface area (Å²) >= 11 is 1.40. The van der Waals surface area contributed by atoms with E-state index in [1.165, 1.54) is 11.3 Å². The lowest BCUT2D eigenvalue weighted by Crippen LogP contribution is -2.48. The van der Waals surface area contributed by atoms with Crippen LogP contribution in [0.1, 0.15) is 29.1 Å². The van der Waals surface area contributed by atoms with Gasteiger partial charge in [0.1, 0.15) is 5.00 Å². The average molecular weight is 296 g/mol. The van der Waals surface area contributed by atoms with Crippen molar-refractivity contribution in [1.29, 1.82) is 0 Å². The lowest BCUT2D eigenvalue weighted by atomic mass is 9.88. The van der Waals surface area contributed by atoms with E-state index in [0.29, 0.717) is 23.1 Å². The minimum atomic E-state index is -0.384. The molecule has 6 heteroatoms. The van der Waals surface area contributed by atoms with Crippen LogP contribution in [0, 0.1) is 18.8 Å². The van der Waals surface area contributed by atoms with Crippen molar-refractivity contribution in [3.63, 3.8) is 0 Å². The Bertz CT molecular complexity index is 509. The van der Waals surface area contributed by atoms with Crippen LogP contribution in [0.5, 0.6) is 0 Å². The molecule has 1 aromatic heterocycles. The molecule has 1 atom stereocenters. The molecule has 1 unspecified atom stereocenters. The van der Waals surface area contributed by atoms with E-state index in [1.807, 2.05) is 13.8 Å². The molecule has 1 aliphatic heterocycles. The van der Waals surface area contributed by atoms with Gasteiger partial charge in [-0.3, -0.25) is 4.79 Å². The molecule has 0 radical (unpaired) electrons. The summed E-state index contributed by atoms with van der Waals surface area (Å²) in [5, 5.41) is 6.62. The van der Waals surface area contributed by atoms with Crippen LogP contribution in [0.2, 0.25) is 0 Å². The largest absolute Gasteiger partial charge is 0.462 e. The number of amides is 1. The Balaban J connectivity index is 2.08. The zero-order valence-corrected chi connectivity index (χ0v) is 12.8. The SMILES string of the molecule is CCOC(=O)c1cc(C)sc1NC(=O)C(C)C1CNC1. The van der Waals surface area contributed by atoms with Gasteiger partial charge in [-0.15, -0.1) is 11.3 Å². The van der Waals surface area contributed by atoms with Crippen LogP contribution in [-0.2, 0) is 9.53 Å². The molecule has 110 valence electrons. The third kappa shape index (κ3) is 3.19. The highest BCUT2D eigenvalue weighted by Gasteiger charge is 2.29. The van der Waals surface area contributed by atoms with Crippen LogP contribution in [-0.4, -0.2) is 31.6 Å². The van der Waals surface area contributed by atoms with Crippen molar-refractivity contribution in [2.24, 2.45) is 11.8 Å². The molecule has 0 spiro atoms. The first-order chi connectivity index (χ1) is 9.52. The van der Waals surface area contributed by atoms with Crippen molar-refractivity contribution < 1.29 is 14.3 Å². The molecule has 0 aliphatic carbocycles. The van der Waals surface area contributed by atoms with Gasteiger partial charge in [-0.1, -0.05) is 6.92 Å². The molecule has 2 N–H and O–H groups in total. The highest BCUT2D eigenvalue weighted by molar-refractivity contribution is 7.16. The molecule has 0 aromatic carbocycles. The summed E-state index contributed by atoms with van der Waals surface area (Å²) in [7, 11) is 0. The molecule has 5 nitrogen and oxygen atoms in total. The maximum atomic E-state index is 12.2. The molecule has 2 rings (SSSR count). The minimum Gasteiger partial charge on any atom is -0.462 e. The third-order valence-corrected chi connectivity index (χ3v) is 4.49. The number of carbonyl (C=O) groups is 2. The monoisotopic (exact) mass is 296 g/mol. The Morgan fingerprint density at radius 2 is 2.25 bits per heavy atom. The van der Waals surface area contributed by atoms with E-state index in [1.54, 1.807) is 13.0 Å². The van der Waals surface area contributed by atoms with E-state index in [4.69, 9.17) is 4.74 Å². The number of thiophene rings is 1. The van der Waals surface area contributed by atoms with Gasteiger partial charge in [-0.05, 0) is 38.9 Å². The maximum absolute atomic E-state index is 12.2. The number of hydrogen-bond donors (Lipinski definition) is 2. The van der Waals surface area contributed by atoms with E-state index in [0.717, 1.165) is 18.0 Å². The summed E-state index contributed by atoms with van der Waals surface area (Å²) in [6.45, 7) is 7.67. The summed E-state index contributed by atoms with van der Waals surface area (Å²) in [5.41, 5.74) is 0.446. The number of nitrogens with one attached hydrogen (secondary N) is 2. The van der Waals surface area contributed by atoms with Gasteiger partial charge >= 0.3 is 5.97 Å². The highest BCUT2D eigenvalue weighted by Crippen LogP contribution is 2.29. The maximum Gasteiger partial charge on any atom is 0.341 e. The first kappa shape index (κ1) is 15.0. The van der Waals surface area contributed by atoms with E-state index in [-0.39, 0.29) is 17.8 Å². The lowest BCUT2D eigenvalue weighted by molar-refractivity contribution is -0.121. The van der Waals surface area contributed by atoms with E-state index in [2.05, 4.69) is 10.6 Å². The quantitative estimate of drug-likeness (QED) is 0.816. The van der Waals surface area contributed by atoms with Crippen LogP contribution >= 0.6 is 11.3 Å². The molecule has 1 aliphatic rings. The second-order valence-corrected chi connectivity index (χ2v) is 6.27. The summed E-state index contributed by atoms with van der Waals surface area (Å²) in [4.78, 5) is 25.0. The van der Waals surface area contributed by atoms with Gasteiger partial charge in [0.25, 0.3) is 0 Å². The Morgan fingerprint density at radius 3 is 2.80 bits per heavy atom. The fourth-order valence-electron chi connectivity index (χ4n) is 2.07. The number of hydrogen-bond acceptors (Lipinski definition) is 5. The first-order valence-corrected chi connectivity index (χ1v) is 7.63. The van der Waals surface area contributed by atoms with E-state index < -0.39 is 0 Å². The van der Waals surface area contributed by atoms with Gasteiger partial charge in [-0.2, -0.15) is 0 Å². The third-order valence-electron chi connectivity index (χ3n) is 3.52. The molecule has 1 amide bonds. The topological polar surface area (TPSA) is 67.4 Å². The Hall–Kier alpha value is -1.40. The molecule has 1 aromatic rings. The van der Waals surface area contributed by atoms with Crippen molar-refractivity contribution in [3.05, 3.63) is 16.5 Å². The van der Waals surface area contributed by atoms with Gasteiger partial charge < -0.3 is 15.4 Å². The van der Waals surface area contributed by atoms with Crippen LogP contribution in [0.3, 0.4) is 0 Å². The molecular formula is C14H20N2O3S. The summed E-state index contributed by atoms with van der Waals surface area (Å²) in [5.74, 6) is -0.107. The van der Waals surface area contributed by atoms with Gasteiger partial charge in [0.15, 0.2) is 0 Å². The predicted octanol–water partition coefficient (Wildman–Crippen LogP) is 2.03. The van der Waals surface area contributed by atoms with E-state index >= 15 is 0 Å². The second kappa shape index (κ2) is 6.37. The van der Waals surface area contributed by atoms with Crippen LogP contribution in [0.4, 0.5) is 5.00 Å². The number of esters is 1. The Labute approximate surface area is 122 Å². The zero-order valence-electron chi connectivity index (χ0n) is 12.0. The fourth-order valence-corrected chi connectivity index (χ4v) is 2.97. The second-order valence-electron chi connectivity index (χ2n) is 5.02. The first-order valence-electron chi connectivity index (χ1n) is 6.82. The normalized spacial score (nSPS) is 16.4. The lowest BCUT2D eigenvalue weighted by Gasteiger charge is -2.31. The number of ether oxygens (including phenoxy) is 1. The van der Waals surface area contributed by atoms with Crippen LogP contribution in [0.25, 0.3) is 0 Å². The Kier molecular flexibility index (Phi) is 4.77. The molecule has 2 heterocycles. The Morgan fingerprint density at radius 1 is 1.55 bits per heavy atom. The predicted molar refractivity (Wildman–Crippen MR) is 79.2 cm³/mol. The standard InChI is InChI=1S/C14H20N2O3S/c1-4-19-14(18)11-5-8(2)20-13(11)16-12(17)9(3)10-6-15-7-10/h5,9-10,15H,4,6-7H2,1-3H3,(H,16,17). The van der Waals surface area contributed by atoms with Gasteiger partial charge in [0.05, 0.1) is 12.2 Å². The average Bonchev–Trinajstić information content (AvgIpc) is 2.68.